The molecule has 1 heterocycles. The number of carbonyl (C=O) groups excluding carboxylic acids is 2. The Morgan fingerprint density at radius 1 is 0.795 bits per heavy atom. The summed E-state index contributed by atoms with van der Waals surface area (Å²) in [4.78, 5) is 27.7. The van der Waals surface area contributed by atoms with Crippen molar-refractivity contribution in [3.05, 3.63) is 131 Å². The third-order valence-electron chi connectivity index (χ3n) is 8.13. The molecule has 0 aliphatic rings. The number of ketones is 1. The SMILES string of the molecule is CC(=O)C(C)(C)c1cccc(-c2ccc(CN(Cc3ccc(C(F)(F)F)o3)C(=O)c3c(C)ccc4c(F)cccc34)cc2)c1. The van der Waals surface area contributed by atoms with Crippen LogP contribution >= 0.6 is 0 Å². The van der Waals surface area contributed by atoms with Crippen molar-refractivity contribution in [2.24, 2.45) is 0 Å². The van der Waals surface area contributed by atoms with Gasteiger partial charge < -0.3 is 9.32 Å². The van der Waals surface area contributed by atoms with Crippen molar-refractivity contribution >= 4 is 22.5 Å². The second-order valence-corrected chi connectivity index (χ2v) is 11.5. The second kappa shape index (κ2) is 11.8. The van der Waals surface area contributed by atoms with Gasteiger partial charge in [-0.25, -0.2) is 4.39 Å². The van der Waals surface area contributed by atoms with Gasteiger partial charge in [-0.1, -0.05) is 72.8 Å². The molecule has 8 heteroatoms. The molecule has 4 aromatic carbocycles. The molecule has 226 valence electrons. The van der Waals surface area contributed by atoms with Gasteiger partial charge in [-0.15, -0.1) is 0 Å². The van der Waals surface area contributed by atoms with Crippen LogP contribution in [0.1, 0.15) is 59.3 Å². The summed E-state index contributed by atoms with van der Waals surface area (Å²) in [6, 6.07) is 25.0. The van der Waals surface area contributed by atoms with Gasteiger partial charge in [0.25, 0.3) is 5.91 Å². The Hall–Kier alpha value is -4.72. The van der Waals surface area contributed by atoms with Crippen molar-refractivity contribution in [1.82, 2.24) is 4.90 Å². The fraction of sp³-hybridized carbons (Fsp3) is 0.222. The minimum absolute atomic E-state index is 0.0312. The van der Waals surface area contributed by atoms with Crippen LogP contribution in [0.3, 0.4) is 0 Å². The highest BCUT2D eigenvalue weighted by atomic mass is 19.4. The predicted octanol–water partition coefficient (Wildman–Crippen LogP) is 9.28. The zero-order valence-corrected chi connectivity index (χ0v) is 24.8. The van der Waals surface area contributed by atoms with Gasteiger partial charge in [0.15, 0.2) is 0 Å². The fourth-order valence-corrected chi connectivity index (χ4v) is 5.19. The van der Waals surface area contributed by atoms with Crippen LogP contribution < -0.4 is 0 Å². The van der Waals surface area contributed by atoms with Crippen LogP contribution in [-0.2, 0) is 29.5 Å². The summed E-state index contributed by atoms with van der Waals surface area (Å²) in [5.41, 5.74) is 3.67. The van der Waals surface area contributed by atoms with Crippen molar-refractivity contribution in [1.29, 1.82) is 0 Å². The van der Waals surface area contributed by atoms with Gasteiger partial charge in [0, 0.05) is 17.3 Å². The normalized spacial score (nSPS) is 12.0. The number of aryl methyl sites for hydroxylation is 1. The Morgan fingerprint density at radius 3 is 2.16 bits per heavy atom. The third-order valence-corrected chi connectivity index (χ3v) is 8.13. The van der Waals surface area contributed by atoms with Crippen LogP contribution in [0.15, 0.2) is 95.4 Å². The van der Waals surface area contributed by atoms with E-state index in [1.165, 1.54) is 23.1 Å². The summed E-state index contributed by atoms with van der Waals surface area (Å²) in [5.74, 6) is -2.07. The quantitative estimate of drug-likeness (QED) is 0.167. The van der Waals surface area contributed by atoms with Crippen molar-refractivity contribution in [3.63, 3.8) is 0 Å². The number of furan rings is 1. The number of Topliss-reactive ketones (excluding diaryl/α,β-unsaturated/α-hetero) is 1. The molecule has 0 fully saturated rings. The van der Waals surface area contributed by atoms with Crippen LogP contribution in [0, 0.1) is 12.7 Å². The van der Waals surface area contributed by atoms with E-state index in [0.717, 1.165) is 28.3 Å². The first-order chi connectivity index (χ1) is 20.8. The summed E-state index contributed by atoms with van der Waals surface area (Å²) >= 11 is 0. The molecule has 0 aliphatic carbocycles. The highest BCUT2D eigenvalue weighted by molar-refractivity contribution is 6.08. The lowest BCUT2D eigenvalue weighted by atomic mass is 9.80. The lowest BCUT2D eigenvalue weighted by Gasteiger charge is -2.24. The molecular weight excluding hydrogens is 570 g/mol. The first kappa shape index (κ1) is 30.7. The van der Waals surface area contributed by atoms with Crippen molar-refractivity contribution in [2.45, 2.75) is 52.4 Å². The molecule has 0 spiro atoms. The van der Waals surface area contributed by atoms with Gasteiger partial charge >= 0.3 is 6.18 Å². The van der Waals surface area contributed by atoms with Gasteiger partial charge in [0.05, 0.1) is 12.1 Å². The Kier molecular flexibility index (Phi) is 8.21. The van der Waals surface area contributed by atoms with Gasteiger partial charge in [-0.2, -0.15) is 13.2 Å². The van der Waals surface area contributed by atoms with Crippen molar-refractivity contribution < 1.29 is 31.6 Å². The van der Waals surface area contributed by atoms with E-state index in [9.17, 15) is 27.2 Å². The Morgan fingerprint density at radius 2 is 1.50 bits per heavy atom. The van der Waals surface area contributed by atoms with Crippen LogP contribution in [0.2, 0.25) is 0 Å². The third kappa shape index (κ3) is 6.16. The smallest absolute Gasteiger partial charge is 0.449 e. The molecule has 5 aromatic rings. The summed E-state index contributed by atoms with van der Waals surface area (Å²) in [6.07, 6.45) is -4.66. The zero-order valence-electron chi connectivity index (χ0n) is 24.8. The van der Waals surface area contributed by atoms with E-state index in [2.05, 4.69) is 0 Å². The largest absolute Gasteiger partial charge is 0.455 e. The number of fused-ring (bicyclic) bond motifs is 1. The first-order valence-corrected chi connectivity index (χ1v) is 14.1. The highest BCUT2D eigenvalue weighted by Gasteiger charge is 2.35. The molecule has 1 aromatic heterocycles. The summed E-state index contributed by atoms with van der Waals surface area (Å²) < 4.78 is 59.4. The maximum atomic E-state index is 14.6. The van der Waals surface area contributed by atoms with Crippen LogP contribution in [0.4, 0.5) is 17.6 Å². The lowest BCUT2D eigenvalue weighted by Crippen LogP contribution is -2.30. The van der Waals surface area contributed by atoms with E-state index < -0.39 is 29.1 Å². The van der Waals surface area contributed by atoms with Crippen LogP contribution in [-0.4, -0.2) is 16.6 Å². The Bertz CT molecular complexity index is 1850. The number of hydrogen-bond acceptors (Lipinski definition) is 3. The first-order valence-electron chi connectivity index (χ1n) is 14.1. The molecular formula is C36H31F4NO3. The van der Waals surface area contributed by atoms with Crippen molar-refractivity contribution in [2.75, 3.05) is 0 Å². The van der Waals surface area contributed by atoms with Crippen LogP contribution in [0.5, 0.6) is 0 Å². The van der Waals surface area contributed by atoms with E-state index in [0.29, 0.717) is 10.9 Å². The molecule has 0 bridgehead atoms. The minimum atomic E-state index is -4.66. The maximum Gasteiger partial charge on any atom is 0.449 e. The van der Waals surface area contributed by atoms with Crippen molar-refractivity contribution in [3.8, 4) is 11.1 Å². The summed E-state index contributed by atoms with van der Waals surface area (Å²) in [6.45, 7) is 6.89. The molecule has 0 radical (unpaired) electrons. The molecule has 0 aliphatic heterocycles. The lowest BCUT2D eigenvalue weighted by molar-refractivity contribution is -0.153. The van der Waals surface area contributed by atoms with Gasteiger partial charge in [0.2, 0.25) is 5.76 Å². The zero-order chi connectivity index (χ0) is 31.8. The van der Waals surface area contributed by atoms with Crippen LogP contribution in [0.25, 0.3) is 21.9 Å². The number of nitrogens with zero attached hydrogens (tertiary/aromatic N) is 1. The number of hydrogen-bond donors (Lipinski definition) is 0. The average Bonchev–Trinajstić information content (AvgIpc) is 3.46. The second-order valence-electron chi connectivity index (χ2n) is 11.5. The molecule has 1 amide bonds. The topological polar surface area (TPSA) is 50.5 Å². The number of alkyl halides is 3. The molecule has 0 saturated carbocycles. The number of amides is 1. The molecule has 4 nitrogen and oxygen atoms in total. The summed E-state index contributed by atoms with van der Waals surface area (Å²) in [5, 5.41) is 0.692. The summed E-state index contributed by atoms with van der Waals surface area (Å²) in [7, 11) is 0. The molecule has 0 unspecified atom stereocenters. The Balaban J connectivity index is 1.49. The standard InChI is InChI=1S/C36H31F4NO3/c1-22-11-17-29-30(9-6-10-31(29)37)33(22)34(43)41(21-28-16-18-32(44-28)36(38,39)40)20-24-12-14-25(15-13-24)26-7-5-8-27(19-26)35(3,4)23(2)42/h5-19H,20-21H2,1-4H3. The van der Waals surface area contributed by atoms with Gasteiger partial charge in [-0.05, 0) is 79.1 Å². The molecule has 5 rings (SSSR count). The minimum Gasteiger partial charge on any atom is -0.455 e. The van der Waals surface area contributed by atoms with E-state index in [-0.39, 0.29) is 35.6 Å². The highest BCUT2D eigenvalue weighted by Crippen LogP contribution is 2.33. The van der Waals surface area contributed by atoms with E-state index in [1.807, 2.05) is 62.4 Å². The van der Waals surface area contributed by atoms with E-state index >= 15 is 0 Å². The average molecular weight is 602 g/mol. The van der Waals surface area contributed by atoms with E-state index in [1.54, 1.807) is 32.0 Å². The number of carbonyl (C=O) groups is 2. The number of halogens is 4. The fourth-order valence-electron chi connectivity index (χ4n) is 5.19. The monoisotopic (exact) mass is 601 g/mol. The molecule has 0 saturated heterocycles. The maximum absolute atomic E-state index is 14.6. The molecule has 44 heavy (non-hydrogen) atoms. The van der Waals surface area contributed by atoms with Gasteiger partial charge in [-0.3, -0.25) is 9.59 Å². The number of benzene rings is 4. The van der Waals surface area contributed by atoms with Gasteiger partial charge in [0.1, 0.15) is 17.4 Å². The molecule has 0 atom stereocenters. The molecule has 0 N–H and O–H groups in total. The number of rotatable bonds is 8. The predicted molar refractivity (Wildman–Crippen MR) is 162 cm³/mol. The van der Waals surface area contributed by atoms with E-state index in [4.69, 9.17) is 4.42 Å². The Labute approximate surface area is 252 Å².